The predicted molar refractivity (Wildman–Crippen MR) is 61.7 cm³/mol. The summed E-state index contributed by atoms with van der Waals surface area (Å²) in [5.74, 6) is -3.70. The first kappa shape index (κ1) is 14.5. The lowest BCUT2D eigenvalue weighted by molar-refractivity contribution is -0.188. The molecule has 5 nitrogen and oxygen atoms in total. The number of carbonyl (C=O) groups is 1. The number of aromatic nitrogens is 2. The Hall–Kier alpha value is -1.86. The minimum atomic E-state index is -4.30. The van der Waals surface area contributed by atoms with Crippen molar-refractivity contribution < 1.29 is 27.5 Å². The number of nitrogens with zero attached hydrogens (tertiary/aromatic N) is 2. The molecule has 20 heavy (non-hydrogen) atoms. The van der Waals surface area contributed by atoms with Gasteiger partial charge in [-0.3, -0.25) is 0 Å². The molecule has 0 amide bonds. The fourth-order valence-corrected chi connectivity index (χ4v) is 2.42. The molecule has 110 valence electrons. The van der Waals surface area contributed by atoms with Gasteiger partial charge in [-0.2, -0.15) is 13.2 Å². The van der Waals surface area contributed by atoms with E-state index in [4.69, 9.17) is 9.52 Å². The number of halogens is 3. The van der Waals surface area contributed by atoms with E-state index in [1.54, 1.807) is 0 Å². The summed E-state index contributed by atoms with van der Waals surface area (Å²) in [5, 5.41) is 15.6. The van der Waals surface area contributed by atoms with Gasteiger partial charge in [0.1, 0.15) is 0 Å². The van der Waals surface area contributed by atoms with E-state index in [2.05, 4.69) is 10.2 Å². The molecule has 2 unspecified atom stereocenters. The number of aliphatic carboxylic acids is 1. The van der Waals surface area contributed by atoms with Crippen molar-refractivity contribution in [3.63, 3.8) is 0 Å². The summed E-state index contributed by atoms with van der Waals surface area (Å²) < 4.78 is 44.0. The number of hydrogen-bond donors (Lipinski definition) is 1. The third-order valence-electron chi connectivity index (χ3n) is 3.33. The average Bonchev–Trinajstić information content (AvgIpc) is 2.84. The van der Waals surface area contributed by atoms with Gasteiger partial charge >= 0.3 is 12.1 Å². The van der Waals surface area contributed by atoms with E-state index in [-0.39, 0.29) is 18.2 Å². The van der Waals surface area contributed by atoms with Gasteiger partial charge in [0.15, 0.2) is 0 Å². The van der Waals surface area contributed by atoms with Gasteiger partial charge in [0, 0.05) is 18.1 Å². The first-order chi connectivity index (χ1) is 9.38. The van der Waals surface area contributed by atoms with E-state index >= 15 is 0 Å². The zero-order valence-corrected chi connectivity index (χ0v) is 10.4. The molecule has 0 bridgehead atoms. The molecule has 1 aromatic rings. The molecule has 1 saturated carbocycles. The second-order valence-corrected chi connectivity index (χ2v) is 4.69. The lowest BCUT2D eigenvalue weighted by Crippen LogP contribution is -2.31. The van der Waals surface area contributed by atoms with Crippen LogP contribution in [0.5, 0.6) is 0 Å². The van der Waals surface area contributed by atoms with Crippen LogP contribution in [0.2, 0.25) is 0 Å². The smallest absolute Gasteiger partial charge is 0.392 e. The van der Waals surface area contributed by atoms with Crippen LogP contribution < -0.4 is 0 Å². The summed E-state index contributed by atoms with van der Waals surface area (Å²) in [4.78, 5) is 10.3. The lowest BCUT2D eigenvalue weighted by atomic mass is 9.79. The maximum atomic E-state index is 13.0. The summed E-state index contributed by atoms with van der Waals surface area (Å²) in [5.41, 5.74) is 0. The molecule has 1 aliphatic rings. The molecule has 0 aliphatic heterocycles. The van der Waals surface area contributed by atoms with Crippen molar-refractivity contribution in [3.8, 4) is 0 Å². The van der Waals surface area contributed by atoms with Gasteiger partial charge in [0.05, 0.1) is 5.92 Å². The molecule has 1 fully saturated rings. The van der Waals surface area contributed by atoms with Crippen LogP contribution in [-0.2, 0) is 4.79 Å². The zero-order chi connectivity index (χ0) is 14.8. The third kappa shape index (κ3) is 3.37. The average molecular weight is 290 g/mol. The summed E-state index contributed by atoms with van der Waals surface area (Å²) in [6, 6.07) is 0. The molecule has 0 aromatic carbocycles. The number of rotatable bonds is 3. The van der Waals surface area contributed by atoms with Crippen molar-refractivity contribution in [2.45, 2.75) is 37.8 Å². The monoisotopic (exact) mass is 290 g/mol. The minimum Gasteiger partial charge on any atom is -0.478 e. The standard InChI is InChI=1S/C12H13F3N2O3/c13-12(14,15)8-4-2-1-3-7(8)11-17-16-9(20-11)5-6-10(18)19/h5-8H,1-4H2,(H,18,19)/b6-5+. The Morgan fingerprint density at radius 1 is 1.30 bits per heavy atom. The molecule has 1 N–H and O–H groups in total. The normalized spacial score (nSPS) is 24.1. The number of alkyl halides is 3. The first-order valence-corrected chi connectivity index (χ1v) is 6.19. The Morgan fingerprint density at radius 3 is 2.65 bits per heavy atom. The topological polar surface area (TPSA) is 76.2 Å². The molecule has 0 radical (unpaired) electrons. The molecular weight excluding hydrogens is 277 g/mol. The van der Waals surface area contributed by atoms with Crippen molar-refractivity contribution in [1.82, 2.24) is 10.2 Å². The van der Waals surface area contributed by atoms with Gasteiger partial charge in [-0.1, -0.05) is 12.8 Å². The maximum absolute atomic E-state index is 13.0. The van der Waals surface area contributed by atoms with Crippen LogP contribution >= 0.6 is 0 Å². The number of hydrogen-bond acceptors (Lipinski definition) is 4. The van der Waals surface area contributed by atoms with Crippen LogP contribution in [0.25, 0.3) is 6.08 Å². The van der Waals surface area contributed by atoms with Gasteiger partial charge in [0.2, 0.25) is 11.8 Å². The quantitative estimate of drug-likeness (QED) is 0.866. The van der Waals surface area contributed by atoms with E-state index in [0.717, 1.165) is 12.2 Å². The van der Waals surface area contributed by atoms with E-state index < -0.39 is 24.0 Å². The Labute approximate surface area is 112 Å². The molecule has 1 aliphatic carbocycles. The Balaban J connectivity index is 2.18. The molecular formula is C12H13F3N2O3. The second-order valence-electron chi connectivity index (χ2n) is 4.69. The maximum Gasteiger partial charge on any atom is 0.392 e. The van der Waals surface area contributed by atoms with Crippen LogP contribution in [0.4, 0.5) is 13.2 Å². The summed E-state index contributed by atoms with van der Waals surface area (Å²) in [6.45, 7) is 0. The van der Waals surface area contributed by atoms with Gasteiger partial charge < -0.3 is 9.52 Å². The lowest BCUT2D eigenvalue weighted by Gasteiger charge is -2.30. The van der Waals surface area contributed by atoms with E-state index in [0.29, 0.717) is 19.3 Å². The Bertz CT molecular complexity index is 510. The Kier molecular flexibility index (Phi) is 4.10. The number of carboxylic acids is 1. The largest absolute Gasteiger partial charge is 0.478 e. The van der Waals surface area contributed by atoms with Crippen LogP contribution in [0.1, 0.15) is 43.4 Å². The van der Waals surface area contributed by atoms with E-state index in [1.165, 1.54) is 0 Å². The van der Waals surface area contributed by atoms with Crippen molar-refractivity contribution in [1.29, 1.82) is 0 Å². The highest BCUT2D eigenvalue weighted by molar-refractivity contribution is 5.84. The van der Waals surface area contributed by atoms with Crippen LogP contribution in [-0.4, -0.2) is 27.4 Å². The van der Waals surface area contributed by atoms with Crippen molar-refractivity contribution in [2.75, 3.05) is 0 Å². The third-order valence-corrected chi connectivity index (χ3v) is 3.33. The Morgan fingerprint density at radius 2 is 2.00 bits per heavy atom. The van der Waals surface area contributed by atoms with Crippen LogP contribution in [0, 0.1) is 5.92 Å². The summed E-state index contributed by atoms with van der Waals surface area (Å²) >= 11 is 0. The molecule has 8 heteroatoms. The highest BCUT2D eigenvalue weighted by Gasteiger charge is 2.47. The molecule has 2 atom stereocenters. The van der Waals surface area contributed by atoms with E-state index in [9.17, 15) is 18.0 Å². The van der Waals surface area contributed by atoms with Gasteiger partial charge in [-0.15, -0.1) is 10.2 Å². The summed E-state index contributed by atoms with van der Waals surface area (Å²) in [7, 11) is 0. The molecule has 1 heterocycles. The van der Waals surface area contributed by atoms with Crippen molar-refractivity contribution in [2.24, 2.45) is 5.92 Å². The van der Waals surface area contributed by atoms with Gasteiger partial charge in [0.25, 0.3) is 0 Å². The molecule has 2 rings (SSSR count). The van der Waals surface area contributed by atoms with Gasteiger partial charge in [-0.25, -0.2) is 4.79 Å². The fraction of sp³-hybridized carbons (Fsp3) is 0.583. The van der Waals surface area contributed by atoms with Crippen molar-refractivity contribution in [3.05, 3.63) is 17.9 Å². The second kappa shape index (κ2) is 5.64. The fourth-order valence-electron chi connectivity index (χ4n) is 2.42. The van der Waals surface area contributed by atoms with Crippen LogP contribution in [0.15, 0.2) is 10.5 Å². The first-order valence-electron chi connectivity index (χ1n) is 6.19. The predicted octanol–water partition coefficient (Wildman–Crippen LogP) is 3.00. The highest BCUT2D eigenvalue weighted by atomic mass is 19.4. The van der Waals surface area contributed by atoms with E-state index in [1.807, 2.05) is 0 Å². The number of carboxylic acid groups (broad SMARTS) is 1. The highest BCUT2D eigenvalue weighted by Crippen LogP contribution is 2.45. The zero-order valence-electron chi connectivity index (χ0n) is 10.4. The molecule has 1 aromatic heterocycles. The van der Waals surface area contributed by atoms with Gasteiger partial charge in [-0.05, 0) is 12.8 Å². The van der Waals surface area contributed by atoms with Crippen LogP contribution in [0.3, 0.4) is 0 Å². The SMILES string of the molecule is O=C(O)/C=C/c1nnc(C2CCCCC2C(F)(F)F)o1. The summed E-state index contributed by atoms with van der Waals surface area (Å²) in [6.07, 6.45) is -0.841. The molecule has 0 saturated heterocycles. The molecule has 0 spiro atoms. The van der Waals surface area contributed by atoms with Crippen molar-refractivity contribution >= 4 is 12.0 Å². The minimum absolute atomic E-state index is 0.0524.